The molecule has 0 radical (unpaired) electrons. The standard InChI is InChI=1S/C15H30O2/c1-13(2)14(16)9-6-7-11-17-12-8-10-15(3,4)5/h13H,6-12H2,1-5H3. The highest BCUT2D eigenvalue weighted by Crippen LogP contribution is 2.20. The van der Waals surface area contributed by atoms with E-state index in [4.69, 9.17) is 4.74 Å². The minimum atomic E-state index is 0.183. The first-order chi connectivity index (χ1) is 7.83. The molecule has 2 nitrogen and oxygen atoms in total. The Morgan fingerprint density at radius 2 is 1.65 bits per heavy atom. The van der Waals surface area contributed by atoms with Crippen LogP contribution in [0.15, 0.2) is 0 Å². The average Bonchev–Trinajstić information content (AvgIpc) is 2.19. The fourth-order valence-electron chi connectivity index (χ4n) is 1.60. The van der Waals surface area contributed by atoms with Gasteiger partial charge in [0.05, 0.1) is 0 Å². The van der Waals surface area contributed by atoms with Crippen molar-refractivity contribution in [3.63, 3.8) is 0 Å². The predicted octanol–water partition coefficient (Wildman–Crippen LogP) is 4.22. The van der Waals surface area contributed by atoms with Gasteiger partial charge in [-0.15, -0.1) is 0 Å². The summed E-state index contributed by atoms with van der Waals surface area (Å²) in [5.41, 5.74) is 0.410. The Bertz CT molecular complexity index is 201. The Balaban J connectivity index is 3.22. The lowest BCUT2D eigenvalue weighted by Crippen LogP contribution is -2.08. The Morgan fingerprint density at radius 1 is 1.06 bits per heavy atom. The predicted molar refractivity (Wildman–Crippen MR) is 73.2 cm³/mol. The first-order valence-electron chi connectivity index (χ1n) is 6.93. The summed E-state index contributed by atoms with van der Waals surface area (Å²) >= 11 is 0. The van der Waals surface area contributed by atoms with E-state index in [0.717, 1.165) is 32.5 Å². The van der Waals surface area contributed by atoms with Crippen molar-refractivity contribution in [2.24, 2.45) is 11.3 Å². The van der Waals surface area contributed by atoms with Crippen molar-refractivity contribution in [3.05, 3.63) is 0 Å². The fourth-order valence-corrected chi connectivity index (χ4v) is 1.60. The van der Waals surface area contributed by atoms with E-state index in [1.54, 1.807) is 0 Å². The van der Waals surface area contributed by atoms with Crippen LogP contribution in [0.3, 0.4) is 0 Å². The van der Waals surface area contributed by atoms with Crippen molar-refractivity contribution in [1.82, 2.24) is 0 Å². The smallest absolute Gasteiger partial charge is 0.135 e. The summed E-state index contributed by atoms with van der Waals surface area (Å²) in [6.45, 7) is 12.3. The Labute approximate surface area is 107 Å². The second-order valence-electron chi connectivity index (χ2n) is 6.35. The third-order valence-electron chi connectivity index (χ3n) is 2.82. The van der Waals surface area contributed by atoms with Gasteiger partial charge in [-0.1, -0.05) is 34.6 Å². The molecule has 2 heteroatoms. The monoisotopic (exact) mass is 242 g/mol. The molecule has 0 amide bonds. The molecule has 0 spiro atoms. The Morgan fingerprint density at radius 3 is 2.18 bits per heavy atom. The van der Waals surface area contributed by atoms with Crippen LogP contribution in [-0.4, -0.2) is 19.0 Å². The molecule has 0 aliphatic heterocycles. The number of hydrogen-bond acceptors (Lipinski definition) is 2. The lowest BCUT2D eigenvalue weighted by atomic mass is 9.91. The van der Waals surface area contributed by atoms with Crippen LogP contribution in [0, 0.1) is 11.3 Å². The second-order valence-corrected chi connectivity index (χ2v) is 6.35. The van der Waals surface area contributed by atoms with E-state index in [9.17, 15) is 4.79 Å². The molecule has 0 saturated heterocycles. The summed E-state index contributed by atoms with van der Waals surface area (Å²) in [5.74, 6) is 0.556. The lowest BCUT2D eigenvalue weighted by Gasteiger charge is -2.17. The van der Waals surface area contributed by atoms with Gasteiger partial charge in [0, 0.05) is 25.6 Å². The molecule has 0 aliphatic carbocycles. The molecular formula is C15H30O2. The average molecular weight is 242 g/mol. The van der Waals surface area contributed by atoms with Crippen LogP contribution >= 0.6 is 0 Å². The van der Waals surface area contributed by atoms with E-state index in [-0.39, 0.29) is 5.92 Å². The maximum absolute atomic E-state index is 11.3. The van der Waals surface area contributed by atoms with Crippen LogP contribution in [0.4, 0.5) is 0 Å². The van der Waals surface area contributed by atoms with Crippen LogP contribution in [0.2, 0.25) is 0 Å². The minimum absolute atomic E-state index is 0.183. The third-order valence-corrected chi connectivity index (χ3v) is 2.82. The lowest BCUT2D eigenvalue weighted by molar-refractivity contribution is -0.122. The van der Waals surface area contributed by atoms with Crippen molar-refractivity contribution in [1.29, 1.82) is 0 Å². The molecule has 102 valence electrons. The zero-order valence-electron chi connectivity index (χ0n) is 12.3. The van der Waals surface area contributed by atoms with Gasteiger partial charge in [-0.2, -0.15) is 0 Å². The molecule has 0 heterocycles. The second kappa shape index (κ2) is 8.68. The van der Waals surface area contributed by atoms with Gasteiger partial charge < -0.3 is 4.74 Å². The molecule has 0 atom stereocenters. The van der Waals surface area contributed by atoms with E-state index in [0.29, 0.717) is 17.6 Å². The summed E-state index contributed by atoms with van der Waals surface area (Å²) in [4.78, 5) is 11.3. The van der Waals surface area contributed by atoms with Gasteiger partial charge in [-0.3, -0.25) is 4.79 Å². The number of carbonyl (C=O) groups excluding carboxylic acids is 1. The summed E-state index contributed by atoms with van der Waals surface area (Å²) in [6, 6.07) is 0. The molecule has 0 rings (SSSR count). The molecule has 0 unspecified atom stereocenters. The van der Waals surface area contributed by atoms with Crippen LogP contribution in [0.25, 0.3) is 0 Å². The SMILES string of the molecule is CC(C)C(=O)CCCCOCCCC(C)(C)C. The van der Waals surface area contributed by atoms with Gasteiger partial charge in [0.15, 0.2) is 0 Å². The molecule has 0 aromatic rings. The summed E-state index contributed by atoms with van der Waals surface area (Å²) < 4.78 is 5.56. The Hall–Kier alpha value is -0.370. The van der Waals surface area contributed by atoms with Crippen LogP contribution in [-0.2, 0) is 9.53 Å². The van der Waals surface area contributed by atoms with E-state index in [1.807, 2.05) is 13.8 Å². The van der Waals surface area contributed by atoms with Gasteiger partial charge >= 0.3 is 0 Å². The highest BCUT2D eigenvalue weighted by atomic mass is 16.5. The topological polar surface area (TPSA) is 26.3 Å². The first kappa shape index (κ1) is 16.6. The van der Waals surface area contributed by atoms with Gasteiger partial charge in [0.25, 0.3) is 0 Å². The number of ether oxygens (including phenoxy) is 1. The van der Waals surface area contributed by atoms with E-state index in [2.05, 4.69) is 20.8 Å². The summed E-state index contributed by atoms with van der Waals surface area (Å²) in [6.07, 6.45) is 5.03. The molecule has 0 saturated carbocycles. The van der Waals surface area contributed by atoms with Crippen LogP contribution in [0.5, 0.6) is 0 Å². The number of rotatable bonds is 9. The maximum atomic E-state index is 11.3. The summed E-state index contributed by atoms with van der Waals surface area (Å²) in [5, 5.41) is 0. The molecule has 0 fully saturated rings. The van der Waals surface area contributed by atoms with E-state index in [1.165, 1.54) is 6.42 Å². The molecule has 0 aromatic carbocycles. The molecular weight excluding hydrogens is 212 g/mol. The van der Waals surface area contributed by atoms with Crippen molar-refractivity contribution >= 4 is 5.78 Å². The van der Waals surface area contributed by atoms with Gasteiger partial charge in [0.1, 0.15) is 5.78 Å². The van der Waals surface area contributed by atoms with Gasteiger partial charge in [-0.25, -0.2) is 0 Å². The zero-order valence-corrected chi connectivity index (χ0v) is 12.3. The highest BCUT2D eigenvalue weighted by molar-refractivity contribution is 5.80. The number of carbonyl (C=O) groups is 1. The molecule has 0 aliphatic rings. The largest absolute Gasteiger partial charge is 0.381 e. The molecule has 17 heavy (non-hydrogen) atoms. The van der Waals surface area contributed by atoms with Crippen LogP contribution < -0.4 is 0 Å². The molecule has 0 aromatic heterocycles. The quantitative estimate of drug-likeness (QED) is 0.566. The van der Waals surface area contributed by atoms with Gasteiger partial charge in [0.2, 0.25) is 0 Å². The third kappa shape index (κ3) is 11.9. The zero-order chi connectivity index (χ0) is 13.3. The molecule has 0 N–H and O–H groups in total. The first-order valence-corrected chi connectivity index (χ1v) is 6.93. The van der Waals surface area contributed by atoms with Crippen molar-refractivity contribution < 1.29 is 9.53 Å². The number of Topliss-reactive ketones (excluding diaryl/α,β-unsaturated/α-hetero) is 1. The minimum Gasteiger partial charge on any atom is -0.381 e. The van der Waals surface area contributed by atoms with Crippen molar-refractivity contribution in [2.75, 3.05) is 13.2 Å². The highest BCUT2D eigenvalue weighted by Gasteiger charge is 2.09. The Kier molecular flexibility index (Phi) is 8.49. The number of unbranched alkanes of at least 4 members (excludes halogenated alkanes) is 1. The molecule has 0 bridgehead atoms. The fraction of sp³-hybridized carbons (Fsp3) is 0.933. The maximum Gasteiger partial charge on any atom is 0.135 e. The van der Waals surface area contributed by atoms with Crippen LogP contribution in [0.1, 0.15) is 66.7 Å². The van der Waals surface area contributed by atoms with Crippen molar-refractivity contribution in [2.45, 2.75) is 66.7 Å². The summed E-state index contributed by atoms with van der Waals surface area (Å²) in [7, 11) is 0. The van der Waals surface area contributed by atoms with E-state index >= 15 is 0 Å². The normalized spacial score (nSPS) is 12.1. The van der Waals surface area contributed by atoms with E-state index < -0.39 is 0 Å². The number of hydrogen-bond donors (Lipinski definition) is 0. The van der Waals surface area contributed by atoms with Gasteiger partial charge in [-0.05, 0) is 31.1 Å². The van der Waals surface area contributed by atoms with Crippen molar-refractivity contribution in [3.8, 4) is 0 Å². The number of ketones is 1.